The molecule has 0 saturated carbocycles. The van der Waals surface area contributed by atoms with Gasteiger partial charge in [-0.15, -0.1) is 0 Å². The molecular weight excluding hydrogens is 391 g/mol. The van der Waals surface area contributed by atoms with Crippen molar-refractivity contribution in [1.82, 2.24) is 0 Å². The second-order valence-electron chi connectivity index (χ2n) is 5.97. The molecule has 0 radical (unpaired) electrons. The van der Waals surface area contributed by atoms with E-state index in [1.54, 1.807) is 18.2 Å². The van der Waals surface area contributed by atoms with Gasteiger partial charge in [-0.05, 0) is 42.0 Å². The minimum Gasteiger partial charge on any atom is -0.486 e. The van der Waals surface area contributed by atoms with E-state index in [1.807, 2.05) is 0 Å². The van der Waals surface area contributed by atoms with E-state index in [1.165, 1.54) is 18.2 Å². The van der Waals surface area contributed by atoms with Crippen LogP contribution in [0.1, 0.15) is 11.1 Å². The Morgan fingerprint density at radius 3 is 2.59 bits per heavy atom. The molecule has 1 N–H and O–H groups in total. The van der Waals surface area contributed by atoms with E-state index in [0.29, 0.717) is 30.3 Å². The van der Waals surface area contributed by atoms with Gasteiger partial charge in [0.05, 0.1) is 5.56 Å². The third kappa shape index (κ3) is 5.74. The van der Waals surface area contributed by atoms with Gasteiger partial charge in [0, 0.05) is 11.8 Å². The number of anilines is 1. The first-order valence-corrected chi connectivity index (χ1v) is 8.53. The zero-order valence-electron chi connectivity index (χ0n) is 15.0. The van der Waals surface area contributed by atoms with Crippen molar-refractivity contribution in [2.45, 2.75) is 6.18 Å². The van der Waals surface area contributed by atoms with E-state index < -0.39 is 30.2 Å². The molecule has 1 heterocycles. The summed E-state index contributed by atoms with van der Waals surface area (Å²) in [5.74, 6) is -0.362. The van der Waals surface area contributed by atoms with Gasteiger partial charge in [0.1, 0.15) is 13.2 Å². The lowest BCUT2D eigenvalue weighted by Gasteiger charge is -2.18. The van der Waals surface area contributed by atoms with E-state index in [0.717, 1.165) is 18.2 Å². The molecule has 1 aliphatic heterocycles. The van der Waals surface area contributed by atoms with Crippen LogP contribution in [0, 0.1) is 0 Å². The van der Waals surface area contributed by atoms with Gasteiger partial charge < -0.3 is 19.5 Å². The molecule has 0 atom stereocenters. The molecule has 29 heavy (non-hydrogen) atoms. The number of benzene rings is 2. The zero-order chi connectivity index (χ0) is 20.9. The second-order valence-corrected chi connectivity index (χ2v) is 5.97. The first-order chi connectivity index (χ1) is 13.8. The molecule has 3 rings (SSSR count). The molecule has 0 aliphatic carbocycles. The van der Waals surface area contributed by atoms with Crippen LogP contribution in [0.5, 0.6) is 11.5 Å². The van der Waals surface area contributed by atoms with E-state index in [9.17, 15) is 22.8 Å². The Balaban J connectivity index is 1.50. The molecular formula is C20H16F3NO5. The first-order valence-electron chi connectivity index (χ1n) is 8.53. The highest BCUT2D eigenvalue weighted by Gasteiger charge is 2.30. The van der Waals surface area contributed by atoms with Crippen molar-refractivity contribution in [3.05, 3.63) is 59.7 Å². The lowest BCUT2D eigenvalue weighted by molar-refractivity contribution is -0.142. The summed E-state index contributed by atoms with van der Waals surface area (Å²) in [6, 6.07) is 9.27. The van der Waals surface area contributed by atoms with Crippen molar-refractivity contribution in [3.8, 4) is 11.5 Å². The van der Waals surface area contributed by atoms with Crippen LogP contribution in [0.4, 0.5) is 18.9 Å². The maximum absolute atomic E-state index is 12.7. The number of esters is 1. The SMILES string of the molecule is O=C(COC(=O)C=Cc1ccc2c(c1)OCCO2)Nc1cccc(C(F)(F)F)c1. The van der Waals surface area contributed by atoms with Gasteiger partial charge in [-0.25, -0.2) is 4.79 Å². The number of amides is 1. The average molecular weight is 407 g/mol. The molecule has 9 heteroatoms. The number of alkyl halides is 3. The average Bonchev–Trinajstić information content (AvgIpc) is 2.70. The predicted molar refractivity (Wildman–Crippen MR) is 97.5 cm³/mol. The second kappa shape index (κ2) is 8.68. The van der Waals surface area contributed by atoms with Crippen LogP contribution in [0.3, 0.4) is 0 Å². The number of nitrogens with one attached hydrogen (secondary N) is 1. The highest BCUT2D eigenvalue weighted by molar-refractivity contribution is 5.94. The van der Waals surface area contributed by atoms with Crippen molar-refractivity contribution in [2.75, 3.05) is 25.1 Å². The van der Waals surface area contributed by atoms with Gasteiger partial charge in [0.2, 0.25) is 0 Å². The zero-order valence-corrected chi connectivity index (χ0v) is 15.0. The molecule has 152 valence electrons. The molecule has 1 aliphatic rings. The highest BCUT2D eigenvalue weighted by Crippen LogP contribution is 2.31. The molecule has 2 aromatic carbocycles. The van der Waals surface area contributed by atoms with Crippen LogP contribution in [0.15, 0.2) is 48.5 Å². The fraction of sp³-hybridized carbons (Fsp3) is 0.200. The Hall–Kier alpha value is -3.49. The topological polar surface area (TPSA) is 73.9 Å². The summed E-state index contributed by atoms with van der Waals surface area (Å²) >= 11 is 0. The Morgan fingerprint density at radius 1 is 1.07 bits per heavy atom. The molecule has 0 aromatic heterocycles. The van der Waals surface area contributed by atoms with E-state index in [4.69, 9.17) is 14.2 Å². The normalized spacial score (nSPS) is 13.2. The number of carbonyl (C=O) groups is 2. The number of rotatable bonds is 5. The summed E-state index contributed by atoms with van der Waals surface area (Å²) in [6.45, 7) is 0.265. The molecule has 6 nitrogen and oxygen atoms in total. The minimum atomic E-state index is -4.52. The summed E-state index contributed by atoms with van der Waals surface area (Å²) in [5.41, 5.74) is -0.276. The first kappa shape index (κ1) is 20.2. The molecule has 0 saturated heterocycles. The number of carbonyl (C=O) groups excluding carboxylic acids is 2. The molecule has 0 unspecified atom stereocenters. The summed E-state index contributed by atoms with van der Waals surface area (Å²) < 4.78 is 53.6. The summed E-state index contributed by atoms with van der Waals surface area (Å²) in [7, 11) is 0. The van der Waals surface area contributed by atoms with Gasteiger partial charge in [-0.1, -0.05) is 12.1 Å². The number of ether oxygens (including phenoxy) is 3. The van der Waals surface area contributed by atoms with Gasteiger partial charge in [0.15, 0.2) is 18.1 Å². The largest absolute Gasteiger partial charge is 0.486 e. The van der Waals surface area contributed by atoms with Crippen LogP contribution in [-0.2, 0) is 20.5 Å². The number of fused-ring (bicyclic) bond motifs is 1. The molecule has 0 spiro atoms. The fourth-order valence-corrected chi connectivity index (χ4v) is 2.48. The Labute approximate surface area is 163 Å². The quantitative estimate of drug-likeness (QED) is 0.605. The van der Waals surface area contributed by atoms with Crippen LogP contribution in [-0.4, -0.2) is 31.7 Å². The van der Waals surface area contributed by atoms with Crippen molar-refractivity contribution in [3.63, 3.8) is 0 Å². The Kier molecular flexibility index (Phi) is 6.06. The van der Waals surface area contributed by atoms with Crippen LogP contribution < -0.4 is 14.8 Å². The molecule has 1 amide bonds. The van der Waals surface area contributed by atoms with Gasteiger partial charge in [0.25, 0.3) is 5.91 Å². The number of hydrogen-bond acceptors (Lipinski definition) is 5. The predicted octanol–water partition coefficient (Wildman–Crippen LogP) is 3.67. The van der Waals surface area contributed by atoms with Gasteiger partial charge in [-0.2, -0.15) is 13.2 Å². The smallest absolute Gasteiger partial charge is 0.416 e. The molecule has 2 aromatic rings. The van der Waals surface area contributed by atoms with Gasteiger partial charge >= 0.3 is 12.1 Å². The summed E-state index contributed by atoms with van der Waals surface area (Å²) in [4.78, 5) is 23.5. The third-order valence-electron chi connectivity index (χ3n) is 3.80. The number of halogens is 3. The third-order valence-corrected chi connectivity index (χ3v) is 3.80. The minimum absolute atomic E-state index is 0.0484. The summed E-state index contributed by atoms with van der Waals surface area (Å²) in [6.07, 6.45) is -1.92. The summed E-state index contributed by atoms with van der Waals surface area (Å²) in [5, 5.41) is 2.25. The van der Waals surface area contributed by atoms with Crippen LogP contribution in [0.25, 0.3) is 6.08 Å². The standard InChI is InChI=1S/C20H16F3NO5/c21-20(22,23)14-2-1-3-15(11-14)24-18(25)12-29-19(26)7-5-13-4-6-16-17(10-13)28-9-8-27-16/h1-7,10-11H,8-9,12H2,(H,24,25). The van der Waals surface area contributed by atoms with Gasteiger partial charge in [-0.3, -0.25) is 4.79 Å². The Bertz CT molecular complexity index is 940. The highest BCUT2D eigenvalue weighted by atomic mass is 19.4. The van der Waals surface area contributed by atoms with E-state index in [-0.39, 0.29) is 5.69 Å². The Morgan fingerprint density at radius 2 is 1.83 bits per heavy atom. The van der Waals surface area contributed by atoms with E-state index in [2.05, 4.69) is 5.32 Å². The van der Waals surface area contributed by atoms with Crippen molar-refractivity contribution in [1.29, 1.82) is 0 Å². The maximum atomic E-state index is 12.7. The van der Waals surface area contributed by atoms with Crippen molar-refractivity contribution >= 4 is 23.6 Å². The lowest BCUT2D eigenvalue weighted by Crippen LogP contribution is -2.20. The monoisotopic (exact) mass is 407 g/mol. The van der Waals surface area contributed by atoms with Crippen molar-refractivity contribution < 1.29 is 37.0 Å². The molecule has 0 fully saturated rings. The van der Waals surface area contributed by atoms with Crippen molar-refractivity contribution in [2.24, 2.45) is 0 Å². The lowest BCUT2D eigenvalue weighted by atomic mass is 10.2. The number of hydrogen-bond donors (Lipinski definition) is 1. The van der Waals surface area contributed by atoms with Crippen LogP contribution in [0.2, 0.25) is 0 Å². The van der Waals surface area contributed by atoms with Crippen LogP contribution >= 0.6 is 0 Å². The molecule has 0 bridgehead atoms. The van der Waals surface area contributed by atoms with E-state index >= 15 is 0 Å². The fourth-order valence-electron chi connectivity index (χ4n) is 2.48. The maximum Gasteiger partial charge on any atom is 0.416 e.